The molecule has 0 saturated carbocycles. The average Bonchev–Trinajstić information content (AvgIpc) is 2.83. The van der Waals surface area contributed by atoms with Gasteiger partial charge in [0.25, 0.3) is 0 Å². The number of hydrogen-bond donors (Lipinski definition) is 2. The van der Waals surface area contributed by atoms with Gasteiger partial charge in [-0.05, 0) is 71.2 Å². The van der Waals surface area contributed by atoms with Crippen molar-refractivity contribution in [3.05, 3.63) is 83.4 Å². The van der Waals surface area contributed by atoms with Gasteiger partial charge in [0.2, 0.25) is 10.0 Å². The van der Waals surface area contributed by atoms with Crippen molar-refractivity contribution in [3.63, 3.8) is 0 Å². The summed E-state index contributed by atoms with van der Waals surface area (Å²) in [5.74, 6) is -0.176. The lowest BCUT2D eigenvalue weighted by Gasteiger charge is -2.27. The fraction of sp³-hybridized carbons (Fsp3) is 0.296. The predicted octanol–water partition coefficient (Wildman–Crippen LogP) is 5.30. The number of carboxylic acids is 1. The number of hydrogen-bond acceptors (Lipinski definition) is 4. The quantitative estimate of drug-likeness (QED) is 0.458. The topological polar surface area (TPSA) is 92.7 Å². The van der Waals surface area contributed by atoms with E-state index in [0.29, 0.717) is 24.5 Å². The van der Waals surface area contributed by atoms with Crippen molar-refractivity contribution >= 4 is 16.0 Å². The first kappa shape index (κ1) is 24.0. The monoisotopic (exact) mass is 479 g/mol. The molecule has 0 unspecified atom stereocenters. The normalized spacial score (nSPS) is 15.7. The molecule has 0 amide bonds. The summed E-state index contributed by atoms with van der Waals surface area (Å²) >= 11 is 0. The molecule has 7 heteroatoms. The van der Waals surface area contributed by atoms with Crippen LogP contribution >= 0.6 is 0 Å². The Morgan fingerprint density at radius 1 is 1.06 bits per heavy atom. The maximum Gasteiger partial charge on any atom is 0.341 e. The number of sulfonamides is 1. The van der Waals surface area contributed by atoms with Gasteiger partial charge in [0.1, 0.15) is 5.75 Å². The molecule has 3 aromatic rings. The Bertz CT molecular complexity index is 1300. The molecule has 4 rings (SSSR count). The fourth-order valence-electron chi connectivity index (χ4n) is 4.39. The summed E-state index contributed by atoms with van der Waals surface area (Å²) in [6.07, 6.45) is 2.14. The van der Waals surface area contributed by atoms with Crippen molar-refractivity contribution in [2.45, 2.75) is 50.0 Å². The SMILES string of the molecule is CC(C)c1cccc(-c2cccc(S(=O)(=O)N[C@@H]3CCCc4c(OCC(=O)O)cccc43)c2)c1. The van der Waals surface area contributed by atoms with Crippen LogP contribution in [0.2, 0.25) is 0 Å². The molecule has 0 aliphatic heterocycles. The molecule has 0 saturated heterocycles. The summed E-state index contributed by atoms with van der Waals surface area (Å²) < 4.78 is 35.0. The van der Waals surface area contributed by atoms with E-state index >= 15 is 0 Å². The van der Waals surface area contributed by atoms with E-state index < -0.39 is 28.6 Å². The van der Waals surface area contributed by atoms with Crippen LogP contribution in [0.25, 0.3) is 11.1 Å². The van der Waals surface area contributed by atoms with Gasteiger partial charge in [-0.25, -0.2) is 17.9 Å². The van der Waals surface area contributed by atoms with Gasteiger partial charge in [0, 0.05) is 6.04 Å². The molecule has 0 heterocycles. The summed E-state index contributed by atoms with van der Waals surface area (Å²) in [6.45, 7) is 3.83. The highest BCUT2D eigenvalue weighted by Gasteiger charge is 2.28. The first-order valence-corrected chi connectivity index (χ1v) is 12.9. The molecule has 1 aliphatic carbocycles. The van der Waals surface area contributed by atoms with E-state index in [2.05, 4.69) is 30.7 Å². The zero-order valence-corrected chi connectivity index (χ0v) is 20.1. The Hall–Kier alpha value is -3.16. The summed E-state index contributed by atoms with van der Waals surface area (Å²) in [7, 11) is -3.78. The number of fused-ring (bicyclic) bond motifs is 1. The van der Waals surface area contributed by atoms with Crippen LogP contribution in [0, 0.1) is 0 Å². The Kier molecular flexibility index (Phi) is 7.05. The van der Waals surface area contributed by atoms with Crippen LogP contribution in [-0.2, 0) is 21.2 Å². The van der Waals surface area contributed by atoms with Crippen LogP contribution in [0.3, 0.4) is 0 Å². The van der Waals surface area contributed by atoms with Gasteiger partial charge in [-0.3, -0.25) is 0 Å². The number of ether oxygens (including phenoxy) is 1. The van der Waals surface area contributed by atoms with Crippen molar-refractivity contribution in [2.24, 2.45) is 0 Å². The van der Waals surface area contributed by atoms with Crippen LogP contribution < -0.4 is 9.46 Å². The zero-order valence-electron chi connectivity index (χ0n) is 19.3. The lowest BCUT2D eigenvalue weighted by molar-refractivity contribution is -0.139. The van der Waals surface area contributed by atoms with E-state index in [-0.39, 0.29) is 4.90 Å². The number of carbonyl (C=O) groups is 1. The molecule has 0 radical (unpaired) electrons. The highest BCUT2D eigenvalue weighted by atomic mass is 32.2. The van der Waals surface area contributed by atoms with Crippen LogP contribution in [0.15, 0.2) is 71.6 Å². The van der Waals surface area contributed by atoms with E-state index in [0.717, 1.165) is 28.7 Å². The van der Waals surface area contributed by atoms with Gasteiger partial charge in [0.05, 0.1) is 4.90 Å². The lowest BCUT2D eigenvalue weighted by atomic mass is 9.87. The van der Waals surface area contributed by atoms with Crippen molar-refractivity contribution in [1.29, 1.82) is 0 Å². The number of carboxylic acid groups (broad SMARTS) is 1. The Labute approximate surface area is 200 Å². The number of rotatable bonds is 8. The minimum absolute atomic E-state index is 0.213. The summed E-state index contributed by atoms with van der Waals surface area (Å²) in [5.41, 5.74) is 4.72. The van der Waals surface area contributed by atoms with Crippen LogP contribution in [0.4, 0.5) is 0 Å². The van der Waals surface area contributed by atoms with Gasteiger partial charge >= 0.3 is 5.97 Å². The van der Waals surface area contributed by atoms with Crippen molar-refractivity contribution in [3.8, 4) is 16.9 Å². The standard InChI is InChI=1S/C27H29NO5S/c1-18(2)19-7-3-8-20(15-19)21-9-4-10-22(16-21)34(31,32)28-25-13-5-12-24-23(25)11-6-14-26(24)33-17-27(29)30/h3-4,6-11,14-16,18,25,28H,5,12-13,17H2,1-2H3,(H,29,30)/t25-/m1/s1. The number of benzene rings is 3. The third-order valence-corrected chi connectivity index (χ3v) is 7.61. The lowest BCUT2D eigenvalue weighted by Crippen LogP contribution is -2.31. The molecule has 178 valence electrons. The highest BCUT2D eigenvalue weighted by Crippen LogP contribution is 2.36. The number of nitrogens with one attached hydrogen (secondary N) is 1. The second-order valence-electron chi connectivity index (χ2n) is 8.88. The number of aliphatic carboxylic acids is 1. The molecule has 34 heavy (non-hydrogen) atoms. The Morgan fingerprint density at radius 2 is 1.76 bits per heavy atom. The highest BCUT2D eigenvalue weighted by molar-refractivity contribution is 7.89. The average molecular weight is 480 g/mol. The third kappa shape index (κ3) is 5.32. The van der Waals surface area contributed by atoms with Crippen LogP contribution in [0.1, 0.15) is 55.3 Å². The van der Waals surface area contributed by atoms with Crippen LogP contribution in [-0.4, -0.2) is 26.1 Å². The van der Waals surface area contributed by atoms with E-state index in [1.165, 1.54) is 5.56 Å². The van der Waals surface area contributed by atoms with Crippen molar-refractivity contribution in [1.82, 2.24) is 4.72 Å². The maximum atomic E-state index is 13.3. The largest absolute Gasteiger partial charge is 0.482 e. The van der Waals surface area contributed by atoms with E-state index in [4.69, 9.17) is 9.84 Å². The predicted molar refractivity (Wildman–Crippen MR) is 132 cm³/mol. The van der Waals surface area contributed by atoms with Crippen molar-refractivity contribution in [2.75, 3.05) is 6.61 Å². The smallest absolute Gasteiger partial charge is 0.341 e. The molecular formula is C27H29NO5S. The molecule has 1 atom stereocenters. The van der Waals surface area contributed by atoms with Crippen LogP contribution in [0.5, 0.6) is 5.75 Å². The van der Waals surface area contributed by atoms with Crippen molar-refractivity contribution < 1.29 is 23.1 Å². The maximum absolute atomic E-state index is 13.3. The van der Waals surface area contributed by atoms with Gasteiger partial charge in [0.15, 0.2) is 6.61 Å². The molecule has 0 spiro atoms. The minimum Gasteiger partial charge on any atom is -0.482 e. The molecule has 1 aliphatic rings. The molecule has 2 N–H and O–H groups in total. The van der Waals surface area contributed by atoms with E-state index in [9.17, 15) is 13.2 Å². The minimum atomic E-state index is -3.78. The van der Waals surface area contributed by atoms with Gasteiger partial charge in [-0.15, -0.1) is 0 Å². The molecule has 3 aromatic carbocycles. The fourth-order valence-corrected chi connectivity index (χ4v) is 5.68. The first-order valence-electron chi connectivity index (χ1n) is 11.4. The molecule has 0 aromatic heterocycles. The van der Waals surface area contributed by atoms with E-state index in [1.54, 1.807) is 30.3 Å². The molecule has 0 bridgehead atoms. The molecule has 0 fully saturated rings. The Morgan fingerprint density at radius 3 is 2.50 bits per heavy atom. The molecule has 6 nitrogen and oxygen atoms in total. The molecular weight excluding hydrogens is 450 g/mol. The summed E-state index contributed by atoms with van der Waals surface area (Å²) in [4.78, 5) is 11.1. The zero-order chi connectivity index (χ0) is 24.3. The summed E-state index contributed by atoms with van der Waals surface area (Å²) in [6, 6.07) is 20.1. The van der Waals surface area contributed by atoms with Gasteiger partial charge in [-0.2, -0.15) is 0 Å². The second-order valence-corrected chi connectivity index (χ2v) is 10.6. The first-order chi connectivity index (χ1) is 16.2. The summed E-state index contributed by atoms with van der Waals surface area (Å²) in [5, 5.41) is 8.94. The second kappa shape index (κ2) is 9.99. The van der Waals surface area contributed by atoms with E-state index in [1.807, 2.05) is 24.3 Å². The van der Waals surface area contributed by atoms with Gasteiger partial charge < -0.3 is 9.84 Å². The third-order valence-electron chi connectivity index (χ3n) is 6.14. The Balaban J connectivity index is 1.61. The van der Waals surface area contributed by atoms with Gasteiger partial charge in [-0.1, -0.05) is 62.4 Å².